The maximum Gasteiger partial charge on any atom is 0.338 e. The Hall–Kier alpha value is -3.69. The van der Waals surface area contributed by atoms with Gasteiger partial charge in [0.15, 0.2) is 11.4 Å². The predicted octanol–water partition coefficient (Wildman–Crippen LogP) is 2.70. The van der Waals surface area contributed by atoms with Crippen molar-refractivity contribution >= 4 is 40.9 Å². The molecule has 1 unspecified atom stereocenters. The van der Waals surface area contributed by atoms with Crippen molar-refractivity contribution in [2.45, 2.75) is 32.9 Å². The third-order valence-electron chi connectivity index (χ3n) is 5.33. The minimum Gasteiger partial charge on any atom is -0.484 e. The first-order chi connectivity index (χ1) is 17.1. The van der Waals surface area contributed by atoms with Crippen LogP contribution < -0.4 is 25.4 Å². The number of rotatable bonds is 7. The average Bonchev–Trinajstić information content (AvgIpc) is 3.12. The van der Waals surface area contributed by atoms with Crippen LogP contribution in [0.25, 0.3) is 6.08 Å². The summed E-state index contributed by atoms with van der Waals surface area (Å²) >= 11 is 7.33. The minimum absolute atomic E-state index is 0.219. The van der Waals surface area contributed by atoms with Crippen molar-refractivity contribution in [3.63, 3.8) is 0 Å². The second-order valence-electron chi connectivity index (χ2n) is 8.41. The van der Waals surface area contributed by atoms with E-state index in [2.05, 4.69) is 4.99 Å². The molecule has 1 aromatic heterocycles. The topological polar surface area (TPSA) is 113 Å². The number of nitrogens with zero attached hydrogens (tertiary/aromatic N) is 2. The summed E-state index contributed by atoms with van der Waals surface area (Å²) in [5, 5.41) is 0.543. The van der Waals surface area contributed by atoms with Crippen LogP contribution in [0.2, 0.25) is 5.02 Å². The molecule has 0 bridgehead atoms. The number of carbonyl (C=O) groups is 2. The molecule has 1 aliphatic heterocycles. The van der Waals surface area contributed by atoms with E-state index in [9.17, 15) is 14.4 Å². The van der Waals surface area contributed by atoms with Crippen molar-refractivity contribution in [3.05, 3.63) is 95.6 Å². The van der Waals surface area contributed by atoms with Crippen molar-refractivity contribution in [1.82, 2.24) is 4.57 Å². The summed E-state index contributed by atoms with van der Waals surface area (Å²) < 4.78 is 12.7. The molecule has 10 heteroatoms. The Kier molecular flexibility index (Phi) is 7.42. The summed E-state index contributed by atoms with van der Waals surface area (Å²) in [6.45, 7) is 5.06. The number of esters is 1. The molecule has 0 radical (unpaired) electrons. The summed E-state index contributed by atoms with van der Waals surface area (Å²) in [7, 11) is 0. The molecule has 2 aromatic carbocycles. The number of amides is 1. The van der Waals surface area contributed by atoms with Gasteiger partial charge in [-0.05, 0) is 62.2 Å². The lowest BCUT2D eigenvalue weighted by Crippen LogP contribution is -2.40. The van der Waals surface area contributed by atoms with Crippen LogP contribution in [0.4, 0.5) is 0 Å². The van der Waals surface area contributed by atoms with Crippen LogP contribution in [-0.2, 0) is 14.3 Å². The SMILES string of the molecule is CC1=C(C(=O)OC(C)C)C(c2ccc(Cl)cc2)n2c(sc(=Cc3ccc(OCC(N)=O)cc3)c2=O)=N1. The fourth-order valence-corrected chi connectivity index (χ4v) is 4.96. The van der Waals surface area contributed by atoms with Crippen LogP contribution >= 0.6 is 22.9 Å². The Morgan fingerprint density at radius 1 is 1.17 bits per heavy atom. The van der Waals surface area contributed by atoms with E-state index in [1.165, 1.54) is 15.9 Å². The zero-order valence-corrected chi connectivity index (χ0v) is 21.4. The zero-order valence-electron chi connectivity index (χ0n) is 19.9. The molecule has 1 aliphatic rings. The summed E-state index contributed by atoms with van der Waals surface area (Å²) in [5.41, 5.74) is 7.09. The maximum atomic E-state index is 13.6. The Labute approximate surface area is 215 Å². The van der Waals surface area contributed by atoms with Crippen molar-refractivity contribution in [2.75, 3.05) is 6.61 Å². The Balaban J connectivity index is 1.81. The van der Waals surface area contributed by atoms with Gasteiger partial charge in [0.05, 0.1) is 27.9 Å². The molecule has 4 rings (SSSR count). The van der Waals surface area contributed by atoms with Crippen LogP contribution in [-0.4, -0.2) is 29.2 Å². The van der Waals surface area contributed by atoms with Crippen LogP contribution in [0.15, 0.2) is 69.6 Å². The molecule has 36 heavy (non-hydrogen) atoms. The van der Waals surface area contributed by atoms with Crippen molar-refractivity contribution in [3.8, 4) is 5.75 Å². The Morgan fingerprint density at radius 2 is 1.83 bits per heavy atom. The van der Waals surface area contributed by atoms with E-state index in [1.54, 1.807) is 75.4 Å². The highest BCUT2D eigenvalue weighted by Crippen LogP contribution is 2.31. The third-order valence-corrected chi connectivity index (χ3v) is 6.56. The van der Waals surface area contributed by atoms with Crippen molar-refractivity contribution in [1.29, 1.82) is 0 Å². The molecule has 0 aliphatic carbocycles. The molecular weight excluding hydrogens is 502 g/mol. The fourth-order valence-electron chi connectivity index (χ4n) is 3.79. The number of nitrogens with two attached hydrogens (primary N) is 1. The first kappa shape index (κ1) is 25.4. The van der Waals surface area contributed by atoms with Gasteiger partial charge < -0.3 is 15.2 Å². The summed E-state index contributed by atoms with van der Waals surface area (Å²) in [6.07, 6.45) is 1.41. The van der Waals surface area contributed by atoms with Crippen molar-refractivity contribution in [2.24, 2.45) is 10.7 Å². The smallest absolute Gasteiger partial charge is 0.338 e. The highest BCUT2D eigenvalue weighted by atomic mass is 35.5. The maximum absolute atomic E-state index is 13.6. The lowest BCUT2D eigenvalue weighted by atomic mass is 9.96. The van der Waals surface area contributed by atoms with E-state index in [0.29, 0.717) is 36.9 Å². The molecule has 2 N–H and O–H groups in total. The first-order valence-corrected chi connectivity index (χ1v) is 12.3. The van der Waals surface area contributed by atoms with E-state index < -0.39 is 17.9 Å². The fraction of sp³-hybridized carbons (Fsp3) is 0.231. The number of thiazole rings is 1. The first-order valence-electron chi connectivity index (χ1n) is 11.1. The molecule has 1 atom stereocenters. The number of benzene rings is 2. The second kappa shape index (κ2) is 10.5. The van der Waals surface area contributed by atoms with Crippen LogP contribution in [0, 0.1) is 0 Å². The third kappa shape index (κ3) is 5.42. The molecule has 186 valence electrons. The number of carbonyl (C=O) groups excluding carboxylic acids is 2. The number of allylic oxidation sites excluding steroid dienone is 1. The van der Waals surface area contributed by atoms with Gasteiger partial charge in [-0.15, -0.1) is 0 Å². The zero-order chi connectivity index (χ0) is 26.0. The molecule has 0 fully saturated rings. The Bertz CT molecular complexity index is 1520. The molecule has 1 amide bonds. The van der Waals surface area contributed by atoms with E-state index in [-0.39, 0.29) is 18.3 Å². The van der Waals surface area contributed by atoms with Gasteiger partial charge in [-0.25, -0.2) is 9.79 Å². The average molecular weight is 526 g/mol. The van der Waals surface area contributed by atoms with Crippen LogP contribution in [0.5, 0.6) is 5.75 Å². The molecule has 0 saturated carbocycles. The molecule has 8 nitrogen and oxygen atoms in total. The van der Waals surface area contributed by atoms with Gasteiger partial charge in [0.25, 0.3) is 11.5 Å². The van der Waals surface area contributed by atoms with Gasteiger partial charge in [0, 0.05) is 5.02 Å². The highest BCUT2D eigenvalue weighted by molar-refractivity contribution is 7.07. The standard InChI is InChI=1S/C26H24ClN3O5S/c1-14(2)35-25(33)22-15(3)29-26-30(23(22)17-6-8-18(27)9-7-17)24(32)20(36-26)12-16-4-10-19(11-5-16)34-13-21(28)31/h4-12,14,23H,13H2,1-3H3,(H2,28,31). The van der Waals surface area contributed by atoms with Crippen molar-refractivity contribution < 1.29 is 19.1 Å². The van der Waals surface area contributed by atoms with Crippen LogP contribution in [0.1, 0.15) is 37.9 Å². The number of hydrogen-bond acceptors (Lipinski definition) is 7. The number of aromatic nitrogens is 1. The largest absolute Gasteiger partial charge is 0.484 e. The minimum atomic E-state index is -0.712. The number of primary amides is 1. The molecule has 2 heterocycles. The second-order valence-corrected chi connectivity index (χ2v) is 9.86. The van der Waals surface area contributed by atoms with Gasteiger partial charge in [-0.2, -0.15) is 0 Å². The van der Waals surface area contributed by atoms with Gasteiger partial charge >= 0.3 is 5.97 Å². The van der Waals surface area contributed by atoms with Gasteiger partial charge in [-0.1, -0.05) is 47.2 Å². The van der Waals surface area contributed by atoms with E-state index in [0.717, 1.165) is 5.56 Å². The van der Waals surface area contributed by atoms with Gasteiger partial charge in [0.1, 0.15) is 5.75 Å². The number of halogens is 1. The molecule has 3 aromatic rings. The highest BCUT2D eigenvalue weighted by Gasteiger charge is 2.33. The summed E-state index contributed by atoms with van der Waals surface area (Å²) in [4.78, 5) is 42.7. The summed E-state index contributed by atoms with van der Waals surface area (Å²) in [6, 6.07) is 13.2. The molecule has 0 saturated heterocycles. The number of fused-ring (bicyclic) bond motifs is 1. The van der Waals surface area contributed by atoms with Gasteiger partial charge in [-0.3, -0.25) is 14.2 Å². The number of hydrogen-bond donors (Lipinski definition) is 1. The van der Waals surface area contributed by atoms with E-state index >= 15 is 0 Å². The van der Waals surface area contributed by atoms with Crippen LogP contribution in [0.3, 0.4) is 0 Å². The predicted molar refractivity (Wildman–Crippen MR) is 138 cm³/mol. The molecular formula is C26H24ClN3O5S. The summed E-state index contributed by atoms with van der Waals surface area (Å²) in [5.74, 6) is -0.603. The normalized spacial score (nSPS) is 15.5. The van der Waals surface area contributed by atoms with E-state index in [4.69, 9.17) is 26.8 Å². The Morgan fingerprint density at radius 3 is 2.44 bits per heavy atom. The number of ether oxygens (including phenoxy) is 2. The monoisotopic (exact) mass is 525 g/mol. The van der Waals surface area contributed by atoms with Gasteiger partial charge in [0.2, 0.25) is 0 Å². The lowest BCUT2D eigenvalue weighted by molar-refractivity contribution is -0.143. The molecule has 0 spiro atoms. The quantitative estimate of drug-likeness (QED) is 0.476. The van der Waals surface area contributed by atoms with E-state index in [1.807, 2.05) is 0 Å². The lowest BCUT2D eigenvalue weighted by Gasteiger charge is -2.25.